The van der Waals surface area contributed by atoms with E-state index in [2.05, 4.69) is 11.1 Å². The molecule has 1 amide bonds. The van der Waals surface area contributed by atoms with Crippen molar-refractivity contribution in [3.05, 3.63) is 58.4 Å². The van der Waals surface area contributed by atoms with E-state index < -0.39 is 0 Å². The molecule has 1 aromatic carbocycles. The first-order valence-electron chi connectivity index (χ1n) is 6.50. The predicted molar refractivity (Wildman–Crippen MR) is 82.5 cm³/mol. The molecule has 106 valence electrons. The minimum atomic E-state index is -0.191. The highest BCUT2D eigenvalue weighted by atomic mass is 35.5. The van der Waals surface area contributed by atoms with Crippen LogP contribution in [0.2, 0.25) is 5.15 Å². The van der Waals surface area contributed by atoms with E-state index in [-0.39, 0.29) is 5.91 Å². The fraction of sp³-hybridized carbons (Fsp3) is 0.188. The summed E-state index contributed by atoms with van der Waals surface area (Å²) in [5, 5.41) is 9.23. The van der Waals surface area contributed by atoms with Gasteiger partial charge in [0.05, 0.1) is 11.6 Å². The number of nitrogens with zero attached hydrogens (tertiary/aromatic N) is 3. The van der Waals surface area contributed by atoms with Gasteiger partial charge in [-0.1, -0.05) is 24.6 Å². The Morgan fingerprint density at radius 3 is 2.81 bits per heavy atom. The molecule has 0 aliphatic carbocycles. The Labute approximate surface area is 128 Å². The van der Waals surface area contributed by atoms with Crippen LogP contribution in [0.3, 0.4) is 0 Å². The fourth-order valence-electron chi connectivity index (χ4n) is 1.95. The van der Waals surface area contributed by atoms with Gasteiger partial charge in [-0.05, 0) is 36.8 Å². The molecule has 0 unspecified atom stereocenters. The maximum absolute atomic E-state index is 12.5. The van der Waals surface area contributed by atoms with Gasteiger partial charge in [0.25, 0.3) is 5.91 Å². The van der Waals surface area contributed by atoms with E-state index >= 15 is 0 Å². The maximum Gasteiger partial charge on any atom is 0.258 e. The molecule has 4 nitrogen and oxygen atoms in total. The van der Waals surface area contributed by atoms with Crippen molar-refractivity contribution in [1.29, 1.82) is 5.26 Å². The molecule has 0 fully saturated rings. The Morgan fingerprint density at radius 2 is 2.14 bits per heavy atom. The van der Waals surface area contributed by atoms with Gasteiger partial charge in [-0.3, -0.25) is 4.79 Å². The number of benzene rings is 1. The van der Waals surface area contributed by atoms with Crippen LogP contribution in [0, 0.1) is 11.3 Å². The lowest BCUT2D eigenvalue weighted by Gasteiger charge is -2.18. The number of carbonyl (C=O) groups excluding carboxylic acids is 1. The minimum Gasteiger partial charge on any atom is -0.311 e. The normalized spacial score (nSPS) is 10.0. The number of aromatic nitrogens is 1. The SMILES string of the molecule is CCc1cc(C(=O)N(C)c2cccc(C#N)c2)cc(Cl)n1. The smallest absolute Gasteiger partial charge is 0.258 e. The number of rotatable bonds is 3. The third-order valence-electron chi connectivity index (χ3n) is 3.12. The molecular weight excluding hydrogens is 286 g/mol. The fourth-order valence-corrected chi connectivity index (χ4v) is 2.18. The van der Waals surface area contributed by atoms with Gasteiger partial charge in [0, 0.05) is 24.0 Å². The second kappa shape index (κ2) is 6.38. The van der Waals surface area contributed by atoms with Crippen molar-refractivity contribution in [1.82, 2.24) is 4.98 Å². The van der Waals surface area contributed by atoms with Crippen LogP contribution in [0.25, 0.3) is 0 Å². The average Bonchev–Trinajstić information content (AvgIpc) is 2.52. The molecule has 0 spiro atoms. The first-order chi connectivity index (χ1) is 10.0. The molecule has 1 aromatic heterocycles. The number of hydrogen-bond acceptors (Lipinski definition) is 3. The summed E-state index contributed by atoms with van der Waals surface area (Å²) in [6.07, 6.45) is 0.703. The summed E-state index contributed by atoms with van der Waals surface area (Å²) in [6.45, 7) is 1.95. The van der Waals surface area contributed by atoms with Crippen LogP contribution in [-0.4, -0.2) is 17.9 Å². The zero-order valence-corrected chi connectivity index (χ0v) is 12.6. The quantitative estimate of drug-likeness (QED) is 0.816. The van der Waals surface area contributed by atoms with Crippen LogP contribution in [0.15, 0.2) is 36.4 Å². The van der Waals surface area contributed by atoms with Gasteiger partial charge < -0.3 is 4.90 Å². The van der Waals surface area contributed by atoms with E-state index in [0.29, 0.717) is 28.4 Å². The van der Waals surface area contributed by atoms with Crippen LogP contribution in [0.5, 0.6) is 0 Å². The summed E-state index contributed by atoms with van der Waals surface area (Å²) in [5.41, 5.74) is 2.42. The first-order valence-corrected chi connectivity index (χ1v) is 6.87. The summed E-state index contributed by atoms with van der Waals surface area (Å²) in [4.78, 5) is 18.2. The van der Waals surface area contributed by atoms with Crippen LogP contribution in [0.4, 0.5) is 5.69 Å². The van der Waals surface area contributed by atoms with Crippen LogP contribution in [-0.2, 0) is 6.42 Å². The molecule has 5 heteroatoms. The number of carbonyl (C=O) groups is 1. The van der Waals surface area contributed by atoms with Gasteiger partial charge in [0.2, 0.25) is 0 Å². The summed E-state index contributed by atoms with van der Waals surface area (Å²) >= 11 is 5.95. The van der Waals surface area contributed by atoms with Crippen LogP contribution < -0.4 is 4.90 Å². The number of pyridine rings is 1. The number of nitriles is 1. The van der Waals surface area contributed by atoms with Crippen molar-refractivity contribution >= 4 is 23.2 Å². The zero-order chi connectivity index (χ0) is 15.4. The minimum absolute atomic E-state index is 0.191. The van der Waals surface area contributed by atoms with E-state index in [1.54, 1.807) is 43.4 Å². The zero-order valence-electron chi connectivity index (χ0n) is 11.8. The monoisotopic (exact) mass is 299 g/mol. The van der Waals surface area contributed by atoms with Crippen molar-refractivity contribution in [3.63, 3.8) is 0 Å². The highest BCUT2D eigenvalue weighted by Crippen LogP contribution is 2.19. The molecule has 0 aliphatic heterocycles. The molecule has 0 N–H and O–H groups in total. The molecule has 0 aliphatic rings. The van der Waals surface area contributed by atoms with Gasteiger partial charge in [-0.2, -0.15) is 5.26 Å². The summed E-state index contributed by atoms with van der Waals surface area (Å²) in [6, 6.07) is 12.2. The van der Waals surface area contributed by atoms with Crippen LogP contribution >= 0.6 is 11.6 Å². The average molecular weight is 300 g/mol. The van der Waals surface area contributed by atoms with Crippen molar-refractivity contribution in [2.75, 3.05) is 11.9 Å². The van der Waals surface area contributed by atoms with E-state index in [1.807, 2.05) is 6.92 Å². The molecule has 1 heterocycles. The lowest BCUT2D eigenvalue weighted by atomic mass is 10.1. The number of amides is 1. The van der Waals surface area contributed by atoms with E-state index in [1.165, 1.54) is 4.90 Å². The Morgan fingerprint density at radius 1 is 1.38 bits per heavy atom. The molecule has 0 atom stereocenters. The van der Waals surface area contributed by atoms with Crippen LogP contribution in [0.1, 0.15) is 28.5 Å². The molecule has 0 bridgehead atoms. The second-order valence-electron chi connectivity index (χ2n) is 4.55. The van der Waals surface area contributed by atoms with Gasteiger partial charge in [0.15, 0.2) is 0 Å². The standard InChI is InChI=1S/C16H14ClN3O/c1-3-13-8-12(9-15(17)19-13)16(21)20(2)14-6-4-5-11(7-14)10-18/h4-9H,3H2,1-2H3. The van der Waals surface area contributed by atoms with Gasteiger partial charge in [-0.15, -0.1) is 0 Å². The van der Waals surface area contributed by atoms with Gasteiger partial charge >= 0.3 is 0 Å². The Balaban J connectivity index is 2.35. The molecule has 0 saturated carbocycles. The molecule has 0 radical (unpaired) electrons. The first kappa shape index (κ1) is 15.0. The maximum atomic E-state index is 12.5. The molecule has 21 heavy (non-hydrogen) atoms. The summed E-state index contributed by atoms with van der Waals surface area (Å²) in [7, 11) is 1.67. The molecule has 0 saturated heterocycles. The number of aryl methyl sites for hydroxylation is 1. The van der Waals surface area contributed by atoms with E-state index in [0.717, 1.165) is 5.69 Å². The number of halogens is 1. The van der Waals surface area contributed by atoms with Crippen molar-refractivity contribution in [2.24, 2.45) is 0 Å². The highest BCUT2D eigenvalue weighted by molar-refractivity contribution is 6.29. The second-order valence-corrected chi connectivity index (χ2v) is 4.94. The Kier molecular flexibility index (Phi) is 4.56. The number of anilines is 1. The van der Waals surface area contributed by atoms with Gasteiger partial charge in [0.1, 0.15) is 5.15 Å². The highest BCUT2D eigenvalue weighted by Gasteiger charge is 2.15. The molecule has 2 rings (SSSR count). The Hall–Kier alpha value is -2.38. The predicted octanol–water partition coefficient (Wildman–Crippen LogP) is 3.45. The van der Waals surface area contributed by atoms with Crippen molar-refractivity contribution < 1.29 is 4.79 Å². The van der Waals surface area contributed by atoms with Crippen molar-refractivity contribution in [3.8, 4) is 6.07 Å². The summed E-state index contributed by atoms with van der Waals surface area (Å²) in [5.74, 6) is -0.191. The van der Waals surface area contributed by atoms with E-state index in [4.69, 9.17) is 16.9 Å². The Bertz CT molecular complexity index is 722. The lowest BCUT2D eigenvalue weighted by molar-refractivity contribution is 0.0993. The van der Waals surface area contributed by atoms with Crippen molar-refractivity contribution in [2.45, 2.75) is 13.3 Å². The third-order valence-corrected chi connectivity index (χ3v) is 3.32. The topological polar surface area (TPSA) is 57.0 Å². The molecular formula is C16H14ClN3O. The third kappa shape index (κ3) is 3.39. The largest absolute Gasteiger partial charge is 0.311 e. The van der Waals surface area contributed by atoms with E-state index in [9.17, 15) is 4.79 Å². The van der Waals surface area contributed by atoms with Gasteiger partial charge in [-0.25, -0.2) is 4.98 Å². The lowest BCUT2D eigenvalue weighted by Crippen LogP contribution is -2.26. The molecule has 2 aromatic rings. The number of hydrogen-bond donors (Lipinski definition) is 0. The summed E-state index contributed by atoms with van der Waals surface area (Å²) < 4.78 is 0.